The van der Waals surface area contributed by atoms with E-state index in [1.807, 2.05) is 12.1 Å². The molecule has 2 saturated heterocycles. The van der Waals surface area contributed by atoms with Crippen LogP contribution in [-0.4, -0.2) is 101 Å². The molecule has 2 atom stereocenters. The molecule has 43 heavy (non-hydrogen) atoms. The third-order valence-corrected chi connectivity index (χ3v) is 10.5. The highest BCUT2D eigenvalue weighted by Gasteiger charge is 2.49. The van der Waals surface area contributed by atoms with Gasteiger partial charge in [0.25, 0.3) is 0 Å². The predicted molar refractivity (Wildman–Crippen MR) is 169 cm³/mol. The third kappa shape index (κ3) is 4.76. The Morgan fingerprint density at radius 3 is 2.33 bits per heavy atom. The van der Waals surface area contributed by atoms with Crippen molar-refractivity contribution in [1.82, 2.24) is 40.6 Å². The zero-order chi connectivity index (χ0) is 28.9. The molecule has 0 saturated carbocycles. The number of aliphatic imine (C=N–C) groups is 2. The molecule has 7 heterocycles. The van der Waals surface area contributed by atoms with Crippen molar-refractivity contribution in [1.29, 1.82) is 0 Å². The lowest BCUT2D eigenvalue weighted by Gasteiger charge is -2.49. The van der Waals surface area contributed by atoms with Crippen molar-refractivity contribution in [2.75, 3.05) is 58.9 Å². The number of piperazine rings is 2. The van der Waals surface area contributed by atoms with Crippen molar-refractivity contribution in [3.05, 3.63) is 70.7 Å². The Morgan fingerprint density at radius 1 is 0.860 bits per heavy atom. The second kappa shape index (κ2) is 11.2. The fourth-order valence-corrected chi connectivity index (χ4v) is 8.51. The van der Waals surface area contributed by atoms with Crippen molar-refractivity contribution in [3.8, 4) is 10.8 Å². The van der Waals surface area contributed by atoms with E-state index in [0.717, 1.165) is 84.5 Å². The highest BCUT2D eigenvalue weighted by Crippen LogP contribution is 2.56. The van der Waals surface area contributed by atoms with E-state index < -0.39 is 0 Å². The standard InChI is InChI=1S/C28H34N12OS2/c29-27-34-22-19(17-38(27)36-12-8-31-9-13-36)39(26(43-22)18-5-2-1-3-6-18)25-21-24(42-23(33-21)20-7-4-16-41-20)35-28(30)40(25)37-14-10-32-11-15-37/h1-7,16,25-26,31-32H,8-15,17H2,(H2,29,34)(H2,30,35). The Labute approximate surface area is 257 Å². The molecule has 2 fully saturated rings. The van der Waals surface area contributed by atoms with Gasteiger partial charge in [-0.3, -0.25) is 5.01 Å². The summed E-state index contributed by atoms with van der Waals surface area (Å²) < 4.78 is 5.76. The van der Waals surface area contributed by atoms with Gasteiger partial charge in [0, 0.05) is 52.4 Å². The molecule has 1 aromatic carbocycles. The Balaban J connectivity index is 1.28. The molecule has 224 valence electrons. The van der Waals surface area contributed by atoms with Crippen LogP contribution in [0, 0.1) is 0 Å². The Bertz CT molecular complexity index is 1560. The van der Waals surface area contributed by atoms with Crippen LogP contribution in [0.5, 0.6) is 0 Å². The summed E-state index contributed by atoms with van der Waals surface area (Å²) in [6.07, 6.45) is 1.32. The number of nitrogens with two attached hydrogens (primary N) is 2. The first-order valence-corrected chi connectivity index (χ1v) is 16.3. The monoisotopic (exact) mass is 618 g/mol. The van der Waals surface area contributed by atoms with Crippen LogP contribution in [0.4, 0.5) is 5.00 Å². The average molecular weight is 619 g/mol. The summed E-state index contributed by atoms with van der Waals surface area (Å²) in [6.45, 7) is 7.49. The van der Waals surface area contributed by atoms with Crippen LogP contribution < -0.4 is 22.1 Å². The first-order chi connectivity index (χ1) is 21.2. The topological polar surface area (TPSA) is 143 Å². The van der Waals surface area contributed by atoms with E-state index in [2.05, 4.69) is 65.9 Å². The van der Waals surface area contributed by atoms with Gasteiger partial charge in [-0.2, -0.15) is 0 Å². The lowest BCUT2D eigenvalue weighted by Crippen LogP contribution is -2.62. The minimum absolute atomic E-state index is 0.0753. The maximum atomic E-state index is 6.88. The summed E-state index contributed by atoms with van der Waals surface area (Å²) in [5.74, 6) is 1.70. The van der Waals surface area contributed by atoms with Crippen molar-refractivity contribution in [2.45, 2.75) is 11.5 Å². The van der Waals surface area contributed by atoms with Crippen LogP contribution in [0.1, 0.15) is 22.8 Å². The van der Waals surface area contributed by atoms with Crippen LogP contribution >= 0.6 is 23.1 Å². The van der Waals surface area contributed by atoms with Crippen molar-refractivity contribution in [3.63, 3.8) is 0 Å². The number of hydrogen-bond donors (Lipinski definition) is 4. The van der Waals surface area contributed by atoms with Crippen LogP contribution in [0.15, 0.2) is 73.9 Å². The van der Waals surface area contributed by atoms with Crippen LogP contribution in [-0.2, 0) is 0 Å². The van der Waals surface area contributed by atoms with E-state index in [1.54, 1.807) is 18.0 Å². The molecule has 15 heteroatoms. The summed E-state index contributed by atoms with van der Waals surface area (Å²) in [5.41, 5.74) is 16.6. The van der Waals surface area contributed by atoms with Crippen molar-refractivity contribution >= 4 is 40.0 Å². The molecule has 6 N–H and O–H groups in total. The number of guanidine groups is 2. The van der Waals surface area contributed by atoms with E-state index in [-0.39, 0.29) is 11.5 Å². The molecule has 0 bridgehead atoms. The van der Waals surface area contributed by atoms with E-state index in [4.69, 9.17) is 30.9 Å². The maximum absolute atomic E-state index is 6.88. The van der Waals surface area contributed by atoms with Gasteiger partial charge in [-0.15, -0.1) is 0 Å². The van der Waals surface area contributed by atoms with E-state index in [9.17, 15) is 0 Å². The summed E-state index contributed by atoms with van der Waals surface area (Å²) in [6, 6.07) is 14.4. The number of thioether (sulfide) groups is 1. The first-order valence-electron chi connectivity index (χ1n) is 14.6. The number of nitrogens with one attached hydrogen (secondary N) is 2. The number of hydrazine groups is 2. The number of hydrogen-bond acceptors (Lipinski definition) is 15. The van der Waals surface area contributed by atoms with Crippen LogP contribution in [0.25, 0.3) is 10.8 Å². The largest absolute Gasteiger partial charge is 0.462 e. The van der Waals surface area contributed by atoms with E-state index in [0.29, 0.717) is 18.5 Å². The van der Waals surface area contributed by atoms with Crippen molar-refractivity contribution < 1.29 is 4.42 Å². The molecule has 0 spiro atoms. The smallest absolute Gasteiger partial charge is 0.214 e. The van der Waals surface area contributed by atoms with Gasteiger partial charge < -0.3 is 31.4 Å². The SMILES string of the molecule is NC1=NC2=C(CN1N1CCNCC1)N(C1c3nc(-c4ccco4)sc3N=C(N)N1N1CCNCC1)C(c1ccccc1)S2. The molecule has 8 rings (SSSR count). The lowest BCUT2D eigenvalue weighted by atomic mass is 10.1. The fraction of sp³-hybridized carbons (Fsp3) is 0.393. The van der Waals surface area contributed by atoms with Gasteiger partial charge in [0.1, 0.15) is 21.1 Å². The molecule has 0 radical (unpaired) electrons. The molecular formula is C28H34N12OS2. The van der Waals surface area contributed by atoms with Crippen LogP contribution in [0.2, 0.25) is 0 Å². The molecule has 0 amide bonds. The number of nitrogens with zero attached hydrogens (tertiary/aromatic N) is 8. The molecule has 3 aromatic rings. The summed E-state index contributed by atoms with van der Waals surface area (Å²) in [7, 11) is 0. The van der Waals surface area contributed by atoms with E-state index >= 15 is 0 Å². The predicted octanol–water partition coefficient (Wildman–Crippen LogP) is 1.85. The molecule has 0 aliphatic carbocycles. The van der Waals surface area contributed by atoms with Crippen molar-refractivity contribution in [2.24, 2.45) is 21.5 Å². The normalized spacial score (nSPS) is 25.1. The number of thiazole rings is 1. The average Bonchev–Trinajstić information content (AvgIpc) is 3.80. The maximum Gasteiger partial charge on any atom is 0.214 e. The summed E-state index contributed by atoms with van der Waals surface area (Å²) in [4.78, 5) is 17.6. The van der Waals surface area contributed by atoms with Gasteiger partial charge in [0.2, 0.25) is 11.9 Å². The third-order valence-electron chi connectivity index (χ3n) is 8.29. The van der Waals surface area contributed by atoms with Gasteiger partial charge >= 0.3 is 0 Å². The molecule has 13 nitrogen and oxygen atoms in total. The second-order valence-corrected chi connectivity index (χ2v) is 12.9. The van der Waals surface area contributed by atoms with Gasteiger partial charge in [-0.05, 0) is 17.7 Å². The molecule has 2 unspecified atom stereocenters. The number of rotatable bonds is 5. The number of fused-ring (bicyclic) bond motifs is 1. The second-order valence-electron chi connectivity index (χ2n) is 10.8. The molecule has 2 aromatic heterocycles. The Kier molecular flexibility index (Phi) is 7.00. The lowest BCUT2D eigenvalue weighted by molar-refractivity contribution is -0.0664. The van der Waals surface area contributed by atoms with Gasteiger partial charge in [-0.25, -0.2) is 30.0 Å². The quantitative estimate of drug-likeness (QED) is 0.331. The Hall–Kier alpha value is -3.60. The molecule has 5 aliphatic rings. The fourth-order valence-electron chi connectivity index (χ4n) is 6.26. The summed E-state index contributed by atoms with van der Waals surface area (Å²) in [5, 5.41) is 18.2. The highest BCUT2D eigenvalue weighted by atomic mass is 32.2. The summed E-state index contributed by atoms with van der Waals surface area (Å²) >= 11 is 3.24. The highest BCUT2D eigenvalue weighted by molar-refractivity contribution is 8.03. The molecule has 5 aliphatic heterocycles. The van der Waals surface area contributed by atoms with Gasteiger partial charge in [-0.1, -0.05) is 53.4 Å². The van der Waals surface area contributed by atoms with Crippen LogP contribution in [0.3, 0.4) is 0 Å². The Morgan fingerprint density at radius 2 is 1.60 bits per heavy atom. The minimum Gasteiger partial charge on any atom is -0.462 e. The number of aromatic nitrogens is 1. The van der Waals surface area contributed by atoms with Gasteiger partial charge in [0.15, 0.2) is 16.9 Å². The minimum atomic E-state index is -0.352. The van der Waals surface area contributed by atoms with E-state index in [1.165, 1.54) is 16.9 Å². The first kappa shape index (κ1) is 27.0. The molecular weight excluding hydrogens is 585 g/mol. The number of benzene rings is 1. The van der Waals surface area contributed by atoms with Gasteiger partial charge in [0.05, 0.1) is 18.5 Å². The number of furan rings is 1. The zero-order valence-corrected chi connectivity index (χ0v) is 25.2. The zero-order valence-electron chi connectivity index (χ0n) is 23.6.